The van der Waals surface area contributed by atoms with Gasteiger partial charge in [-0.05, 0) is 19.9 Å². The van der Waals surface area contributed by atoms with Crippen molar-refractivity contribution in [3.05, 3.63) is 51.4 Å². The number of carbonyl (C=O) groups is 2. The van der Waals surface area contributed by atoms with Gasteiger partial charge in [0.2, 0.25) is 5.91 Å². The van der Waals surface area contributed by atoms with Crippen LogP contribution in [0.1, 0.15) is 22.3 Å². The Balaban J connectivity index is 1.76. The van der Waals surface area contributed by atoms with E-state index in [1.54, 1.807) is 32.0 Å². The molecule has 1 amide bonds. The predicted octanol–water partition coefficient (Wildman–Crippen LogP) is 1.98. The second kappa shape index (κ2) is 7.44. The van der Waals surface area contributed by atoms with Crippen LogP contribution in [0.25, 0.3) is 10.8 Å². The normalized spacial score (nSPS) is 10.7. The van der Waals surface area contributed by atoms with Crippen LogP contribution in [0.3, 0.4) is 0 Å². The van der Waals surface area contributed by atoms with Crippen molar-refractivity contribution in [2.75, 3.05) is 11.9 Å². The summed E-state index contributed by atoms with van der Waals surface area (Å²) >= 11 is 1.03. The van der Waals surface area contributed by atoms with E-state index in [1.807, 2.05) is 6.07 Å². The minimum atomic E-state index is -0.476. The van der Waals surface area contributed by atoms with Crippen molar-refractivity contribution < 1.29 is 14.3 Å². The van der Waals surface area contributed by atoms with Crippen LogP contribution in [0.5, 0.6) is 0 Å². The molecule has 1 aromatic carbocycles. The van der Waals surface area contributed by atoms with E-state index in [-0.39, 0.29) is 23.8 Å². The Hall–Kier alpha value is -3.07. The third-order valence-electron chi connectivity index (χ3n) is 3.56. The number of carbonyl (C=O) groups excluding carboxylic acids is 2. The first-order chi connectivity index (χ1) is 12.5. The summed E-state index contributed by atoms with van der Waals surface area (Å²) in [6, 6.07) is 7.03. The molecular formula is C17H16N4O4S. The molecule has 0 aliphatic rings. The molecule has 3 rings (SSSR count). The maximum absolute atomic E-state index is 12.4. The summed E-state index contributed by atoms with van der Waals surface area (Å²) < 4.78 is 6.03. The predicted molar refractivity (Wildman–Crippen MR) is 97.4 cm³/mol. The van der Waals surface area contributed by atoms with Crippen LogP contribution in [0.4, 0.5) is 5.13 Å². The molecule has 0 unspecified atom stereocenters. The van der Waals surface area contributed by atoms with Gasteiger partial charge in [0.15, 0.2) is 5.13 Å². The molecule has 9 heteroatoms. The lowest BCUT2D eigenvalue weighted by Crippen LogP contribution is -2.29. The van der Waals surface area contributed by atoms with E-state index in [0.717, 1.165) is 16.0 Å². The molecule has 2 heterocycles. The minimum absolute atomic E-state index is 0.253. The lowest BCUT2D eigenvalue weighted by molar-refractivity contribution is -0.117. The number of benzene rings is 1. The molecule has 26 heavy (non-hydrogen) atoms. The zero-order valence-corrected chi connectivity index (χ0v) is 15.0. The number of aryl methyl sites for hydroxylation is 1. The standard InChI is InChI=1S/C17H16N4O4S/c1-3-25-16(24)14-10(2)19-17(26-14)20-13(22)9-21-15(23)12-7-5-4-6-11(12)8-18-21/h4-8H,3,9H2,1-2H3,(H,19,20,22). The van der Waals surface area contributed by atoms with Crippen molar-refractivity contribution in [3.63, 3.8) is 0 Å². The molecule has 0 aliphatic carbocycles. The van der Waals surface area contributed by atoms with E-state index in [4.69, 9.17) is 4.74 Å². The first kappa shape index (κ1) is 17.7. The van der Waals surface area contributed by atoms with Gasteiger partial charge in [-0.1, -0.05) is 29.5 Å². The maximum Gasteiger partial charge on any atom is 0.350 e. The Kier molecular flexibility index (Phi) is 5.08. The summed E-state index contributed by atoms with van der Waals surface area (Å²) in [7, 11) is 0. The van der Waals surface area contributed by atoms with E-state index in [9.17, 15) is 14.4 Å². The molecule has 8 nitrogen and oxygen atoms in total. The number of hydrogen-bond acceptors (Lipinski definition) is 7. The second-order valence-electron chi connectivity index (χ2n) is 5.40. The third kappa shape index (κ3) is 3.62. The summed E-state index contributed by atoms with van der Waals surface area (Å²) in [5.41, 5.74) is 0.130. The Labute approximate surface area is 152 Å². The van der Waals surface area contributed by atoms with Crippen LogP contribution in [0.15, 0.2) is 35.3 Å². The number of rotatable bonds is 5. The van der Waals surface area contributed by atoms with Gasteiger partial charge in [0.05, 0.1) is 23.9 Å². The van der Waals surface area contributed by atoms with Gasteiger partial charge in [-0.3, -0.25) is 9.59 Å². The molecule has 3 aromatic rings. The van der Waals surface area contributed by atoms with Crippen molar-refractivity contribution >= 4 is 39.1 Å². The molecule has 0 bridgehead atoms. The summed E-state index contributed by atoms with van der Waals surface area (Å²) in [5.74, 6) is -0.936. The van der Waals surface area contributed by atoms with Gasteiger partial charge in [0.25, 0.3) is 5.56 Å². The van der Waals surface area contributed by atoms with Gasteiger partial charge in [-0.15, -0.1) is 0 Å². The van der Waals surface area contributed by atoms with Crippen LogP contribution < -0.4 is 10.9 Å². The summed E-state index contributed by atoms with van der Waals surface area (Å²) in [6.45, 7) is 3.38. The molecule has 2 aromatic heterocycles. The number of fused-ring (bicyclic) bond motifs is 1. The third-order valence-corrected chi connectivity index (χ3v) is 4.61. The van der Waals surface area contributed by atoms with Gasteiger partial charge >= 0.3 is 5.97 Å². The van der Waals surface area contributed by atoms with Gasteiger partial charge in [0.1, 0.15) is 11.4 Å². The number of aromatic nitrogens is 3. The lowest BCUT2D eigenvalue weighted by Gasteiger charge is -2.05. The van der Waals surface area contributed by atoms with Crippen LogP contribution in [0.2, 0.25) is 0 Å². The molecule has 0 saturated carbocycles. The Morgan fingerprint density at radius 3 is 2.85 bits per heavy atom. The average molecular weight is 372 g/mol. The number of thiazole rings is 1. The average Bonchev–Trinajstić information content (AvgIpc) is 2.98. The number of anilines is 1. The molecule has 0 aliphatic heterocycles. The van der Waals surface area contributed by atoms with E-state index in [2.05, 4.69) is 15.4 Å². The molecule has 0 saturated heterocycles. The van der Waals surface area contributed by atoms with Crippen LogP contribution in [-0.2, 0) is 16.1 Å². The first-order valence-corrected chi connectivity index (χ1v) is 8.70. The van der Waals surface area contributed by atoms with Crippen molar-refractivity contribution in [1.29, 1.82) is 0 Å². The lowest BCUT2D eigenvalue weighted by atomic mass is 10.2. The Bertz CT molecular complexity index is 1040. The smallest absolute Gasteiger partial charge is 0.350 e. The van der Waals surface area contributed by atoms with Crippen molar-refractivity contribution in [3.8, 4) is 0 Å². The molecular weight excluding hydrogens is 356 g/mol. The number of ether oxygens (including phenoxy) is 1. The van der Waals surface area contributed by atoms with E-state index < -0.39 is 11.9 Å². The maximum atomic E-state index is 12.4. The van der Waals surface area contributed by atoms with Gasteiger partial charge in [-0.25, -0.2) is 14.5 Å². The SMILES string of the molecule is CCOC(=O)c1sc(NC(=O)Cn2ncc3ccccc3c2=O)nc1C. The molecule has 0 fully saturated rings. The number of nitrogens with zero attached hydrogens (tertiary/aromatic N) is 3. The molecule has 0 atom stereocenters. The number of hydrogen-bond donors (Lipinski definition) is 1. The quantitative estimate of drug-likeness (QED) is 0.687. The van der Waals surface area contributed by atoms with Crippen LogP contribution >= 0.6 is 11.3 Å². The fourth-order valence-corrected chi connectivity index (χ4v) is 3.25. The topological polar surface area (TPSA) is 103 Å². The largest absolute Gasteiger partial charge is 0.462 e. The summed E-state index contributed by atoms with van der Waals surface area (Å²) in [6.07, 6.45) is 1.54. The van der Waals surface area contributed by atoms with Gasteiger partial charge < -0.3 is 10.1 Å². The molecule has 1 N–H and O–H groups in total. The monoisotopic (exact) mass is 372 g/mol. The number of esters is 1. The highest BCUT2D eigenvalue weighted by Crippen LogP contribution is 2.23. The van der Waals surface area contributed by atoms with Gasteiger partial charge in [-0.2, -0.15) is 5.10 Å². The molecule has 0 spiro atoms. The molecule has 134 valence electrons. The highest BCUT2D eigenvalue weighted by Gasteiger charge is 2.18. The Morgan fingerprint density at radius 2 is 2.08 bits per heavy atom. The number of amides is 1. The van der Waals surface area contributed by atoms with Crippen LogP contribution in [-0.4, -0.2) is 33.2 Å². The van der Waals surface area contributed by atoms with E-state index >= 15 is 0 Å². The van der Waals surface area contributed by atoms with Crippen molar-refractivity contribution in [2.24, 2.45) is 0 Å². The second-order valence-corrected chi connectivity index (χ2v) is 6.40. The summed E-state index contributed by atoms with van der Waals surface area (Å²) in [5, 5.41) is 8.07. The van der Waals surface area contributed by atoms with E-state index in [1.165, 1.54) is 6.20 Å². The number of nitrogens with one attached hydrogen (secondary N) is 1. The zero-order valence-electron chi connectivity index (χ0n) is 14.2. The first-order valence-electron chi connectivity index (χ1n) is 7.89. The van der Waals surface area contributed by atoms with Crippen molar-refractivity contribution in [2.45, 2.75) is 20.4 Å². The fourth-order valence-electron chi connectivity index (χ4n) is 2.37. The van der Waals surface area contributed by atoms with Crippen molar-refractivity contribution in [1.82, 2.24) is 14.8 Å². The fraction of sp³-hybridized carbons (Fsp3) is 0.235. The van der Waals surface area contributed by atoms with E-state index in [0.29, 0.717) is 21.3 Å². The zero-order chi connectivity index (χ0) is 18.7. The Morgan fingerprint density at radius 1 is 1.31 bits per heavy atom. The summed E-state index contributed by atoms with van der Waals surface area (Å²) in [4.78, 5) is 40.9. The van der Waals surface area contributed by atoms with Crippen LogP contribution in [0, 0.1) is 6.92 Å². The van der Waals surface area contributed by atoms with Gasteiger partial charge in [0, 0.05) is 5.39 Å². The minimum Gasteiger partial charge on any atom is -0.462 e. The molecule has 0 radical (unpaired) electrons. The highest BCUT2D eigenvalue weighted by atomic mass is 32.1. The highest BCUT2D eigenvalue weighted by molar-refractivity contribution is 7.17.